The molecule has 0 bridgehead atoms. The summed E-state index contributed by atoms with van der Waals surface area (Å²) in [6, 6.07) is 5.78. The molecule has 10 heteroatoms. The van der Waals surface area contributed by atoms with E-state index < -0.39 is 0 Å². The first-order valence-electron chi connectivity index (χ1n) is 26.6. The molecular formula is C55H96BrN3O6. The van der Waals surface area contributed by atoms with Crippen LogP contribution >= 0.6 is 15.9 Å². The lowest BCUT2D eigenvalue weighted by Crippen LogP contribution is -2.24. The average Bonchev–Trinajstić information content (AvgIpc) is 3.33. The van der Waals surface area contributed by atoms with E-state index in [1.165, 1.54) is 199 Å². The van der Waals surface area contributed by atoms with Crippen LogP contribution in [0.4, 0.5) is 0 Å². The molecule has 0 aliphatic rings. The minimum atomic E-state index is -0.350. The fourth-order valence-electron chi connectivity index (χ4n) is 7.83. The Hall–Kier alpha value is -1.97. The van der Waals surface area contributed by atoms with Crippen LogP contribution in [0.25, 0.3) is 0 Å². The molecule has 0 saturated carbocycles. The maximum atomic E-state index is 9.48. The number of hydrogen-bond acceptors (Lipinski definition) is 9. The third-order valence-corrected chi connectivity index (χ3v) is 12.4. The number of rotatable bonds is 46. The molecular weight excluding hydrogens is 879 g/mol. The molecule has 0 aliphatic heterocycles. The quantitative estimate of drug-likeness (QED) is 0.0624. The molecule has 2 aromatic heterocycles. The third-order valence-electron chi connectivity index (χ3n) is 12.0. The van der Waals surface area contributed by atoms with Gasteiger partial charge in [-0.25, -0.2) is 0 Å². The number of nitriles is 1. The Morgan fingerprint density at radius 3 is 1.12 bits per heavy atom. The zero-order chi connectivity index (χ0) is 46.9. The van der Waals surface area contributed by atoms with E-state index in [4.69, 9.17) is 24.2 Å². The van der Waals surface area contributed by atoms with E-state index in [1.54, 1.807) is 24.7 Å². The Bertz CT molecular complexity index is 1330. The summed E-state index contributed by atoms with van der Waals surface area (Å²) in [6.45, 7) is 7.49. The summed E-state index contributed by atoms with van der Waals surface area (Å²) in [4.78, 5) is 8.14. The summed E-state index contributed by atoms with van der Waals surface area (Å²) in [5, 5.41) is 27.9. The molecule has 0 radical (unpaired) electrons. The maximum absolute atomic E-state index is 9.48. The lowest BCUT2D eigenvalue weighted by Gasteiger charge is -2.15. The first-order valence-corrected chi connectivity index (χ1v) is 27.4. The number of aliphatic hydroxyl groups is 2. The molecule has 2 N–H and O–H groups in total. The van der Waals surface area contributed by atoms with Crippen LogP contribution in [0.3, 0.4) is 0 Å². The van der Waals surface area contributed by atoms with Crippen molar-refractivity contribution in [2.24, 2.45) is 0 Å². The highest BCUT2D eigenvalue weighted by molar-refractivity contribution is 9.10. The Balaban J connectivity index is 0.000000650. The van der Waals surface area contributed by atoms with Crippen LogP contribution in [0.2, 0.25) is 0 Å². The molecule has 374 valence electrons. The van der Waals surface area contributed by atoms with Crippen LogP contribution in [0.5, 0.6) is 0 Å². The zero-order valence-electron chi connectivity index (χ0n) is 41.7. The first kappa shape index (κ1) is 61.0. The SMILES string of the molecule is CCCCCCCCCCCCCCCCCCOC[C@H](CO)OCc1cncc(Br)c1.CCCCCCCCCCCCCCCCCCOC[C@H](CO)OCc1cncc(C#N)c1. The van der Waals surface area contributed by atoms with Gasteiger partial charge in [-0.3, -0.25) is 9.97 Å². The lowest BCUT2D eigenvalue weighted by molar-refractivity contribution is -0.0503. The van der Waals surface area contributed by atoms with Gasteiger partial charge in [-0.05, 0) is 52.0 Å². The van der Waals surface area contributed by atoms with Gasteiger partial charge < -0.3 is 29.2 Å². The van der Waals surface area contributed by atoms with E-state index >= 15 is 0 Å². The van der Waals surface area contributed by atoms with Crippen molar-refractivity contribution in [2.45, 2.75) is 245 Å². The molecule has 2 aromatic rings. The standard InChI is InChI=1S/C28H48N2O3.C27H48BrNO3/c1-2-3-4-5-6-7-8-9-10-11-12-13-14-15-16-17-18-32-25-28(23-31)33-24-27-19-26(20-29)21-30-22-27;1-2-3-4-5-6-7-8-9-10-11-12-13-14-15-16-17-18-31-24-27(22-30)32-23-25-19-26(28)21-29-20-25/h19,21-22,28,31H,2-18,23-25H2,1H3;19-21,27,30H,2-18,22-24H2,1H3/t28-;27-/m00/s1. The smallest absolute Gasteiger partial charge is 0.104 e. The normalized spacial score (nSPS) is 12.2. The van der Waals surface area contributed by atoms with Crippen LogP contribution in [0.15, 0.2) is 41.4 Å². The summed E-state index contributed by atoms with van der Waals surface area (Å²) >= 11 is 3.40. The maximum Gasteiger partial charge on any atom is 0.104 e. The molecule has 65 heavy (non-hydrogen) atoms. The van der Waals surface area contributed by atoms with Crippen LogP contribution < -0.4 is 0 Å². The summed E-state index contributed by atoms with van der Waals surface area (Å²) in [5.41, 5.74) is 2.32. The van der Waals surface area contributed by atoms with Crippen molar-refractivity contribution in [1.29, 1.82) is 5.26 Å². The highest BCUT2D eigenvalue weighted by Gasteiger charge is 2.10. The largest absolute Gasteiger partial charge is 0.394 e. The van der Waals surface area contributed by atoms with Gasteiger partial charge in [0.1, 0.15) is 18.3 Å². The molecule has 0 unspecified atom stereocenters. The third kappa shape index (κ3) is 40.8. The number of aliphatic hydroxyl groups excluding tert-OH is 2. The predicted octanol–water partition coefficient (Wildman–Crippen LogP) is 15.1. The average molecular weight is 975 g/mol. The number of hydrogen-bond donors (Lipinski definition) is 2. The Kier molecular flexibility index (Phi) is 45.5. The van der Waals surface area contributed by atoms with Gasteiger partial charge in [-0.15, -0.1) is 0 Å². The van der Waals surface area contributed by atoms with Gasteiger partial charge in [0, 0.05) is 42.5 Å². The fourth-order valence-corrected chi connectivity index (χ4v) is 8.24. The lowest BCUT2D eigenvalue weighted by atomic mass is 10.0. The van der Waals surface area contributed by atoms with Crippen LogP contribution in [0.1, 0.15) is 236 Å². The summed E-state index contributed by atoms with van der Waals surface area (Å²) in [7, 11) is 0. The molecule has 0 amide bonds. The van der Waals surface area contributed by atoms with Gasteiger partial charge >= 0.3 is 0 Å². The molecule has 0 fully saturated rings. The number of ether oxygens (including phenoxy) is 4. The van der Waals surface area contributed by atoms with E-state index in [0.29, 0.717) is 38.6 Å². The van der Waals surface area contributed by atoms with Gasteiger partial charge in [0.15, 0.2) is 0 Å². The number of nitrogens with zero attached hydrogens (tertiary/aromatic N) is 3. The zero-order valence-corrected chi connectivity index (χ0v) is 43.2. The second kappa shape index (κ2) is 48.5. The van der Waals surface area contributed by atoms with Crippen molar-refractivity contribution in [2.75, 3.05) is 39.6 Å². The van der Waals surface area contributed by atoms with E-state index in [0.717, 1.165) is 35.0 Å². The van der Waals surface area contributed by atoms with Crippen LogP contribution in [-0.4, -0.2) is 72.0 Å². The summed E-state index contributed by atoms with van der Waals surface area (Å²) in [5.74, 6) is 0. The molecule has 2 atom stereocenters. The van der Waals surface area contributed by atoms with Gasteiger partial charge in [0.2, 0.25) is 0 Å². The van der Waals surface area contributed by atoms with Crippen LogP contribution in [-0.2, 0) is 32.2 Å². The summed E-state index contributed by atoms with van der Waals surface area (Å²) in [6.07, 6.45) is 49.8. The summed E-state index contributed by atoms with van der Waals surface area (Å²) < 4.78 is 23.7. The molecule has 2 rings (SSSR count). The Morgan fingerprint density at radius 1 is 0.477 bits per heavy atom. The van der Waals surface area contributed by atoms with Crippen LogP contribution in [0, 0.1) is 11.3 Å². The van der Waals surface area contributed by atoms with E-state index in [9.17, 15) is 10.2 Å². The van der Waals surface area contributed by atoms with Crippen molar-refractivity contribution in [3.8, 4) is 6.07 Å². The number of unbranched alkanes of at least 4 members (excludes halogenated alkanes) is 30. The number of halogens is 1. The van der Waals surface area contributed by atoms with E-state index in [1.807, 2.05) is 6.07 Å². The minimum absolute atomic E-state index is 0.0274. The van der Waals surface area contributed by atoms with Crippen molar-refractivity contribution >= 4 is 15.9 Å². The Morgan fingerprint density at radius 2 is 0.800 bits per heavy atom. The monoisotopic (exact) mass is 974 g/mol. The van der Waals surface area contributed by atoms with Crippen molar-refractivity contribution < 1.29 is 29.2 Å². The van der Waals surface area contributed by atoms with E-state index in [-0.39, 0.29) is 25.4 Å². The highest BCUT2D eigenvalue weighted by atomic mass is 79.9. The van der Waals surface area contributed by atoms with Gasteiger partial charge in [-0.1, -0.05) is 206 Å². The van der Waals surface area contributed by atoms with E-state index in [2.05, 4.69) is 45.8 Å². The number of aromatic nitrogens is 2. The highest BCUT2D eigenvalue weighted by Crippen LogP contribution is 2.16. The molecule has 0 saturated heterocycles. The van der Waals surface area contributed by atoms with Gasteiger partial charge in [-0.2, -0.15) is 5.26 Å². The molecule has 0 aromatic carbocycles. The first-order chi connectivity index (χ1) is 32.1. The topological polar surface area (TPSA) is 127 Å². The molecule has 0 aliphatic carbocycles. The van der Waals surface area contributed by atoms with Gasteiger partial charge in [0.25, 0.3) is 0 Å². The fraction of sp³-hybridized carbons (Fsp3) is 0.800. The van der Waals surface area contributed by atoms with Crippen molar-refractivity contribution in [3.05, 3.63) is 58.1 Å². The predicted molar refractivity (Wildman–Crippen MR) is 273 cm³/mol. The van der Waals surface area contributed by atoms with Crippen molar-refractivity contribution in [1.82, 2.24) is 9.97 Å². The molecule has 0 spiro atoms. The second-order valence-electron chi connectivity index (χ2n) is 18.2. The second-order valence-corrected chi connectivity index (χ2v) is 19.1. The van der Waals surface area contributed by atoms with Gasteiger partial charge in [0.05, 0.1) is 45.2 Å². The Labute approximate surface area is 407 Å². The molecule has 2 heterocycles. The molecule has 9 nitrogen and oxygen atoms in total. The number of pyridine rings is 2. The minimum Gasteiger partial charge on any atom is -0.394 e. The van der Waals surface area contributed by atoms with Crippen molar-refractivity contribution in [3.63, 3.8) is 0 Å².